The average Bonchev–Trinajstić information content (AvgIpc) is 3.46. The molecule has 1 saturated carbocycles. The van der Waals surface area contributed by atoms with Gasteiger partial charge in [0.2, 0.25) is 5.88 Å². The summed E-state index contributed by atoms with van der Waals surface area (Å²) >= 11 is 6.21. The molecule has 4 aromatic rings. The number of fused-ring (bicyclic) bond motifs is 3. The molecular formula is C29H26ClF3N4O5S. The van der Waals surface area contributed by atoms with E-state index in [-0.39, 0.29) is 70.7 Å². The Morgan fingerprint density at radius 1 is 1.21 bits per heavy atom. The van der Waals surface area contributed by atoms with Gasteiger partial charge in [-0.2, -0.15) is 0 Å². The van der Waals surface area contributed by atoms with Crippen LogP contribution in [0.15, 0.2) is 40.9 Å². The zero-order chi connectivity index (χ0) is 30.3. The van der Waals surface area contributed by atoms with Crippen molar-refractivity contribution in [2.75, 3.05) is 17.2 Å². The summed E-state index contributed by atoms with van der Waals surface area (Å²) in [6.07, 6.45) is -1.93. The fourth-order valence-electron chi connectivity index (χ4n) is 6.47. The van der Waals surface area contributed by atoms with Gasteiger partial charge >= 0.3 is 0 Å². The number of benzene rings is 1. The van der Waals surface area contributed by atoms with Crippen molar-refractivity contribution in [1.82, 2.24) is 15.0 Å². The Bertz CT molecular complexity index is 1900. The zero-order valence-corrected chi connectivity index (χ0v) is 24.5. The van der Waals surface area contributed by atoms with E-state index >= 15 is 4.39 Å². The maximum absolute atomic E-state index is 16.6. The van der Waals surface area contributed by atoms with E-state index in [9.17, 15) is 22.0 Å². The number of pyridine rings is 1. The molecule has 5 heterocycles. The van der Waals surface area contributed by atoms with Gasteiger partial charge in [0.15, 0.2) is 32.8 Å². The van der Waals surface area contributed by atoms with Crippen LogP contribution in [-0.2, 0) is 20.3 Å². The monoisotopic (exact) mass is 634 g/mol. The van der Waals surface area contributed by atoms with Crippen LogP contribution in [0.5, 0.6) is 5.88 Å². The maximum atomic E-state index is 16.6. The van der Waals surface area contributed by atoms with E-state index in [1.165, 1.54) is 19.2 Å². The van der Waals surface area contributed by atoms with Crippen LogP contribution in [0, 0.1) is 0 Å². The van der Waals surface area contributed by atoms with E-state index in [1.54, 1.807) is 29.2 Å². The SMILES string of the molecule is CC(=O)[C@@H]1C[C@H](Oc2ncc(Cl)cc2[C@]2(F)CCS(=O)(=O)C3(CC3)C2)CN1c1nc(C(F)F)nc2c1oc1ccccc12. The van der Waals surface area contributed by atoms with Crippen molar-refractivity contribution in [2.24, 2.45) is 0 Å². The van der Waals surface area contributed by atoms with Crippen LogP contribution in [0.25, 0.3) is 22.1 Å². The number of Topliss-reactive ketones (excluding diaryl/α,β-unsaturated/α-hetero) is 1. The van der Waals surface area contributed by atoms with E-state index < -0.39 is 44.6 Å². The summed E-state index contributed by atoms with van der Waals surface area (Å²) in [7, 11) is -3.42. The van der Waals surface area contributed by atoms with Crippen LogP contribution in [0.2, 0.25) is 5.02 Å². The number of carbonyl (C=O) groups excluding carboxylic acids is 1. The highest BCUT2D eigenvalue weighted by atomic mass is 35.5. The van der Waals surface area contributed by atoms with Gasteiger partial charge in [-0.3, -0.25) is 4.79 Å². The largest absolute Gasteiger partial charge is 0.472 e. The Balaban J connectivity index is 1.25. The van der Waals surface area contributed by atoms with Crippen LogP contribution in [-0.4, -0.2) is 58.3 Å². The molecule has 1 aliphatic carbocycles. The number of halogens is 4. The molecule has 0 amide bonds. The summed E-state index contributed by atoms with van der Waals surface area (Å²) < 4.78 is 80.9. The van der Waals surface area contributed by atoms with Gasteiger partial charge in [-0.1, -0.05) is 23.7 Å². The first kappa shape index (κ1) is 28.3. The molecule has 1 aromatic carbocycles. The van der Waals surface area contributed by atoms with Crippen molar-refractivity contribution in [1.29, 1.82) is 0 Å². The summed E-state index contributed by atoms with van der Waals surface area (Å²) in [5.41, 5.74) is -1.20. The number of anilines is 1. The van der Waals surface area contributed by atoms with Crippen molar-refractivity contribution < 1.29 is 35.5 Å². The lowest BCUT2D eigenvalue weighted by Gasteiger charge is -2.36. The molecule has 2 aliphatic heterocycles. The molecule has 3 fully saturated rings. The number of ketones is 1. The van der Waals surface area contributed by atoms with Gasteiger partial charge in [0.05, 0.1) is 33.7 Å². The van der Waals surface area contributed by atoms with E-state index in [1.807, 2.05) is 0 Å². The second-order valence-corrected chi connectivity index (χ2v) is 14.6. The van der Waals surface area contributed by atoms with Gasteiger partial charge in [0, 0.05) is 24.4 Å². The Kier molecular flexibility index (Phi) is 6.44. The first-order valence-corrected chi connectivity index (χ1v) is 15.9. The van der Waals surface area contributed by atoms with E-state index in [4.69, 9.17) is 20.8 Å². The van der Waals surface area contributed by atoms with E-state index in [2.05, 4.69) is 15.0 Å². The summed E-state index contributed by atoms with van der Waals surface area (Å²) in [4.78, 5) is 26.8. The standard InChI is InChI=1S/C29H26ClF3N4O5S/c1-15(38)20-11-17(13-37(20)26-23-22(35-25(36-26)24(31)32)18-4-2-3-5-21(18)42-23)41-27-19(10-16(30)12-34-27)29(33)8-9-43(39,40)28(14-29)6-7-28/h2-5,10,12,17,20,24H,6-9,11,13-14H2,1H3/t17-,20-,29-/m0/s1. The highest BCUT2D eigenvalue weighted by Gasteiger charge is 2.62. The minimum absolute atomic E-state index is 0.0252. The summed E-state index contributed by atoms with van der Waals surface area (Å²) in [6, 6.07) is 7.46. The number of nitrogens with zero attached hydrogens (tertiary/aromatic N) is 4. The molecule has 0 unspecified atom stereocenters. The lowest BCUT2D eigenvalue weighted by molar-refractivity contribution is -0.118. The van der Waals surface area contributed by atoms with Crippen LogP contribution in [0.1, 0.15) is 56.8 Å². The Hall–Kier alpha value is -3.45. The second kappa shape index (κ2) is 9.78. The number of rotatable bonds is 6. The molecule has 0 bridgehead atoms. The highest BCUT2D eigenvalue weighted by Crippen LogP contribution is 2.58. The Labute approximate surface area is 249 Å². The molecule has 9 nitrogen and oxygen atoms in total. The molecule has 1 spiro atoms. The molecule has 0 N–H and O–H groups in total. The number of furan rings is 1. The normalized spacial score (nSPS) is 26.0. The number of ether oxygens (including phenoxy) is 1. The van der Waals surface area contributed by atoms with E-state index in [0.717, 1.165) is 0 Å². The minimum atomic E-state index is -3.42. The molecule has 3 atom stereocenters. The van der Waals surface area contributed by atoms with Crippen LogP contribution >= 0.6 is 11.6 Å². The van der Waals surface area contributed by atoms with Crippen LogP contribution < -0.4 is 9.64 Å². The highest BCUT2D eigenvalue weighted by molar-refractivity contribution is 7.93. The van der Waals surface area contributed by atoms with Crippen molar-refractivity contribution in [3.8, 4) is 5.88 Å². The quantitative estimate of drug-likeness (QED) is 0.256. The number of para-hydroxylation sites is 1. The smallest absolute Gasteiger partial charge is 0.297 e. The van der Waals surface area contributed by atoms with Crippen LogP contribution in [0.3, 0.4) is 0 Å². The maximum Gasteiger partial charge on any atom is 0.297 e. The first-order valence-electron chi connectivity index (χ1n) is 13.9. The summed E-state index contributed by atoms with van der Waals surface area (Å²) in [6.45, 7) is 1.41. The molecule has 3 aromatic heterocycles. The van der Waals surface area contributed by atoms with Gasteiger partial charge in [-0.05, 0) is 44.4 Å². The number of aromatic nitrogens is 3. The van der Waals surface area contributed by atoms with Crippen molar-refractivity contribution in [2.45, 2.75) is 68.0 Å². The third-order valence-electron chi connectivity index (χ3n) is 8.83. The average molecular weight is 635 g/mol. The molecule has 226 valence electrons. The van der Waals surface area contributed by atoms with E-state index in [0.29, 0.717) is 23.8 Å². The third kappa shape index (κ3) is 4.62. The second-order valence-electron chi connectivity index (χ2n) is 11.6. The third-order valence-corrected chi connectivity index (χ3v) is 11.7. The molecule has 14 heteroatoms. The Morgan fingerprint density at radius 2 is 1.98 bits per heavy atom. The number of hydrogen-bond acceptors (Lipinski definition) is 9. The predicted octanol–water partition coefficient (Wildman–Crippen LogP) is 5.88. The van der Waals surface area contributed by atoms with Crippen molar-refractivity contribution in [3.05, 3.63) is 52.9 Å². The van der Waals surface area contributed by atoms with Gasteiger partial charge < -0.3 is 14.1 Å². The van der Waals surface area contributed by atoms with Crippen molar-refractivity contribution >= 4 is 55.1 Å². The lowest BCUT2D eigenvalue weighted by atomic mass is 9.87. The van der Waals surface area contributed by atoms with Crippen molar-refractivity contribution in [3.63, 3.8) is 0 Å². The summed E-state index contributed by atoms with van der Waals surface area (Å²) in [5.74, 6) is -1.29. The number of alkyl halides is 3. The predicted molar refractivity (Wildman–Crippen MR) is 152 cm³/mol. The molecule has 7 rings (SSSR count). The molecular weight excluding hydrogens is 609 g/mol. The van der Waals surface area contributed by atoms with Gasteiger partial charge in [-0.15, -0.1) is 0 Å². The number of hydrogen-bond donors (Lipinski definition) is 0. The summed E-state index contributed by atoms with van der Waals surface area (Å²) in [5, 5.41) is 0.695. The number of sulfone groups is 1. The fourth-order valence-corrected chi connectivity index (χ4v) is 8.82. The number of carbonyl (C=O) groups is 1. The van der Waals surface area contributed by atoms with Gasteiger partial charge in [-0.25, -0.2) is 36.5 Å². The first-order chi connectivity index (χ1) is 20.4. The lowest BCUT2D eigenvalue weighted by Crippen LogP contribution is -2.42. The zero-order valence-electron chi connectivity index (χ0n) is 22.9. The van der Waals surface area contributed by atoms with Crippen LogP contribution in [0.4, 0.5) is 19.0 Å². The minimum Gasteiger partial charge on any atom is -0.472 e. The molecule has 3 aliphatic rings. The molecule has 0 radical (unpaired) electrons. The fraction of sp³-hybridized carbons (Fsp3) is 0.448. The Morgan fingerprint density at radius 3 is 2.70 bits per heavy atom. The molecule has 43 heavy (non-hydrogen) atoms. The topological polar surface area (TPSA) is 115 Å². The molecule has 2 saturated heterocycles. The van der Waals surface area contributed by atoms with Gasteiger partial charge in [0.25, 0.3) is 6.43 Å². The van der Waals surface area contributed by atoms with Gasteiger partial charge in [0.1, 0.15) is 22.9 Å².